The molecule has 1 fully saturated rings. The Morgan fingerprint density at radius 1 is 1.06 bits per heavy atom. The minimum atomic E-state index is -1.04. The van der Waals surface area contributed by atoms with Crippen LogP contribution in [0.15, 0.2) is 18.2 Å². The fourth-order valence-corrected chi connectivity index (χ4v) is 3.75. The standard InChI is InChI=1S/C21H23N3O7/c25-15(7-2-1-3-8-17(27)28)22-11-12-5-4-6-13-18(12)21(31)24(20(13)30)14-9-10-16(26)23-19(14)29/h4-6,14H,1-3,7-11H2,(H,22,25)(H,27,28)(H,23,26,29). The number of hydrogen-bond donors (Lipinski definition) is 3. The second kappa shape index (κ2) is 9.50. The first kappa shape index (κ1) is 22.1. The second-order valence-corrected chi connectivity index (χ2v) is 7.52. The molecule has 164 valence electrons. The molecule has 10 nitrogen and oxygen atoms in total. The average Bonchev–Trinajstić information content (AvgIpc) is 2.97. The molecular weight excluding hydrogens is 406 g/mol. The number of carboxylic acid groups (broad SMARTS) is 1. The van der Waals surface area contributed by atoms with E-state index in [1.165, 1.54) is 6.07 Å². The van der Waals surface area contributed by atoms with E-state index < -0.39 is 35.6 Å². The Morgan fingerprint density at radius 2 is 1.81 bits per heavy atom. The van der Waals surface area contributed by atoms with Crippen LogP contribution in [-0.2, 0) is 25.7 Å². The number of piperidine rings is 1. The topological polar surface area (TPSA) is 150 Å². The van der Waals surface area contributed by atoms with Crippen molar-refractivity contribution in [1.82, 2.24) is 15.5 Å². The van der Waals surface area contributed by atoms with Gasteiger partial charge in [0.1, 0.15) is 6.04 Å². The number of carbonyl (C=O) groups is 6. The van der Waals surface area contributed by atoms with Crippen molar-refractivity contribution in [2.45, 2.75) is 57.5 Å². The van der Waals surface area contributed by atoms with Gasteiger partial charge < -0.3 is 10.4 Å². The molecule has 10 heteroatoms. The van der Waals surface area contributed by atoms with Crippen LogP contribution in [0.4, 0.5) is 0 Å². The number of unbranched alkanes of at least 4 members (excludes halogenated alkanes) is 2. The first-order chi connectivity index (χ1) is 14.8. The van der Waals surface area contributed by atoms with Gasteiger partial charge in [-0.2, -0.15) is 0 Å². The number of aliphatic carboxylic acids is 1. The van der Waals surface area contributed by atoms with Crippen LogP contribution in [0.3, 0.4) is 0 Å². The third kappa shape index (κ3) is 4.96. The molecule has 3 N–H and O–H groups in total. The molecule has 0 bridgehead atoms. The van der Waals surface area contributed by atoms with E-state index >= 15 is 0 Å². The number of imide groups is 2. The normalized spacial score (nSPS) is 18.1. The van der Waals surface area contributed by atoms with Crippen molar-refractivity contribution in [1.29, 1.82) is 0 Å². The quantitative estimate of drug-likeness (QED) is 0.387. The molecule has 5 amide bonds. The first-order valence-corrected chi connectivity index (χ1v) is 10.1. The van der Waals surface area contributed by atoms with Crippen LogP contribution in [0, 0.1) is 0 Å². The molecule has 1 aromatic rings. The molecule has 1 saturated heterocycles. The Hall–Kier alpha value is -3.56. The Morgan fingerprint density at radius 3 is 2.52 bits per heavy atom. The molecule has 0 spiro atoms. The molecular formula is C21H23N3O7. The Labute approximate surface area is 178 Å². The SMILES string of the molecule is O=C(O)CCCCCC(=O)NCc1cccc2c1C(=O)N(C1CCC(=O)NC1=O)C2=O. The average molecular weight is 429 g/mol. The minimum Gasteiger partial charge on any atom is -0.481 e. The van der Waals surface area contributed by atoms with Gasteiger partial charge in [0.05, 0.1) is 11.1 Å². The zero-order chi connectivity index (χ0) is 22.5. The summed E-state index contributed by atoms with van der Waals surface area (Å²) in [6.07, 6.45) is 2.08. The summed E-state index contributed by atoms with van der Waals surface area (Å²) < 4.78 is 0. The van der Waals surface area contributed by atoms with Gasteiger partial charge in [-0.15, -0.1) is 0 Å². The molecule has 31 heavy (non-hydrogen) atoms. The number of amides is 5. The summed E-state index contributed by atoms with van der Waals surface area (Å²) in [7, 11) is 0. The van der Waals surface area contributed by atoms with Crippen molar-refractivity contribution in [2.75, 3.05) is 0 Å². The van der Waals surface area contributed by atoms with Crippen LogP contribution >= 0.6 is 0 Å². The van der Waals surface area contributed by atoms with Gasteiger partial charge in [0, 0.05) is 25.8 Å². The zero-order valence-electron chi connectivity index (χ0n) is 16.8. The lowest BCUT2D eigenvalue weighted by Gasteiger charge is -2.27. The van der Waals surface area contributed by atoms with E-state index in [4.69, 9.17) is 5.11 Å². The fourth-order valence-electron chi connectivity index (χ4n) is 3.75. The van der Waals surface area contributed by atoms with Crippen molar-refractivity contribution >= 4 is 35.5 Å². The number of nitrogens with zero attached hydrogens (tertiary/aromatic N) is 1. The van der Waals surface area contributed by atoms with E-state index in [-0.39, 0.29) is 49.3 Å². The smallest absolute Gasteiger partial charge is 0.303 e. The maximum Gasteiger partial charge on any atom is 0.303 e. The number of rotatable bonds is 9. The maximum absolute atomic E-state index is 13.0. The van der Waals surface area contributed by atoms with Gasteiger partial charge in [0.15, 0.2) is 0 Å². The number of fused-ring (bicyclic) bond motifs is 1. The molecule has 1 unspecified atom stereocenters. The summed E-state index contributed by atoms with van der Waals surface area (Å²) in [5.41, 5.74) is 0.777. The molecule has 3 rings (SSSR count). The lowest BCUT2D eigenvalue weighted by atomic mass is 10.0. The molecule has 0 aromatic heterocycles. The molecule has 0 radical (unpaired) electrons. The summed E-state index contributed by atoms with van der Waals surface area (Å²) in [6, 6.07) is 3.68. The highest BCUT2D eigenvalue weighted by Crippen LogP contribution is 2.29. The van der Waals surface area contributed by atoms with Crippen molar-refractivity contribution in [3.05, 3.63) is 34.9 Å². The lowest BCUT2D eigenvalue weighted by molar-refractivity contribution is -0.138. The van der Waals surface area contributed by atoms with Crippen molar-refractivity contribution in [3.63, 3.8) is 0 Å². The van der Waals surface area contributed by atoms with Crippen LogP contribution in [0.1, 0.15) is 71.2 Å². The highest BCUT2D eigenvalue weighted by molar-refractivity contribution is 6.24. The maximum atomic E-state index is 13.0. The molecule has 0 saturated carbocycles. The molecule has 1 aromatic carbocycles. The van der Waals surface area contributed by atoms with Gasteiger partial charge in [-0.05, 0) is 30.9 Å². The summed E-state index contributed by atoms with van der Waals surface area (Å²) in [6.45, 7) is 0.0410. The highest BCUT2D eigenvalue weighted by Gasteiger charge is 2.45. The van der Waals surface area contributed by atoms with Crippen LogP contribution in [0.5, 0.6) is 0 Å². The zero-order valence-corrected chi connectivity index (χ0v) is 16.8. The first-order valence-electron chi connectivity index (χ1n) is 10.1. The highest BCUT2D eigenvalue weighted by atomic mass is 16.4. The molecule has 2 aliphatic rings. The predicted molar refractivity (Wildman–Crippen MR) is 106 cm³/mol. The van der Waals surface area contributed by atoms with E-state index in [1.807, 2.05) is 0 Å². The van der Waals surface area contributed by atoms with Crippen molar-refractivity contribution in [2.24, 2.45) is 0 Å². The third-order valence-electron chi connectivity index (χ3n) is 5.32. The van der Waals surface area contributed by atoms with E-state index in [0.29, 0.717) is 24.8 Å². The van der Waals surface area contributed by atoms with E-state index in [9.17, 15) is 28.8 Å². The summed E-state index contributed by atoms with van der Waals surface area (Å²) in [5, 5.41) is 13.5. The molecule has 2 heterocycles. The van der Waals surface area contributed by atoms with Gasteiger partial charge in [0.2, 0.25) is 17.7 Å². The van der Waals surface area contributed by atoms with E-state index in [0.717, 1.165) is 4.90 Å². The van der Waals surface area contributed by atoms with Gasteiger partial charge in [0.25, 0.3) is 11.8 Å². The van der Waals surface area contributed by atoms with Crippen LogP contribution in [0.2, 0.25) is 0 Å². The predicted octanol–water partition coefficient (Wildman–Crippen LogP) is 0.739. The number of hydrogen-bond acceptors (Lipinski definition) is 6. The Bertz CT molecular complexity index is 956. The van der Waals surface area contributed by atoms with Crippen molar-refractivity contribution < 1.29 is 33.9 Å². The van der Waals surface area contributed by atoms with Crippen LogP contribution in [0.25, 0.3) is 0 Å². The molecule has 0 aliphatic carbocycles. The van der Waals surface area contributed by atoms with Crippen molar-refractivity contribution in [3.8, 4) is 0 Å². The minimum absolute atomic E-state index is 0.0409. The Kier molecular flexibility index (Phi) is 6.78. The number of benzene rings is 1. The fraction of sp³-hybridized carbons (Fsp3) is 0.429. The van der Waals surface area contributed by atoms with E-state index in [2.05, 4.69) is 10.6 Å². The van der Waals surface area contributed by atoms with Crippen LogP contribution in [-0.4, -0.2) is 51.6 Å². The van der Waals surface area contributed by atoms with Gasteiger partial charge in [-0.1, -0.05) is 18.6 Å². The largest absolute Gasteiger partial charge is 0.481 e. The number of carboxylic acids is 1. The lowest BCUT2D eigenvalue weighted by Crippen LogP contribution is -2.54. The van der Waals surface area contributed by atoms with Gasteiger partial charge >= 0.3 is 5.97 Å². The van der Waals surface area contributed by atoms with E-state index in [1.54, 1.807) is 12.1 Å². The number of nitrogens with one attached hydrogen (secondary N) is 2. The third-order valence-corrected chi connectivity index (χ3v) is 5.32. The Balaban J connectivity index is 1.63. The van der Waals surface area contributed by atoms with Gasteiger partial charge in [-0.3, -0.25) is 39.0 Å². The second-order valence-electron chi connectivity index (χ2n) is 7.52. The number of carbonyl (C=O) groups excluding carboxylic acids is 5. The summed E-state index contributed by atoms with van der Waals surface area (Å²) in [4.78, 5) is 72.7. The summed E-state index contributed by atoms with van der Waals surface area (Å²) in [5.74, 6) is -3.44. The molecule has 2 aliphatic heterocycles. The van der Waals surface area contributed by atoms with Gasteiger partial charge in [-0.25, -0.2) is 0 Å². The molecule has 1 atom stereocenters. The van der Waals surface area contributed by atoms with Crippen LogP contribution < -0.4 is 10.6 Å². The monoisotopic (exact) mass is 429 g/mol. The summed E-state index contributed by atoms with van der Waals surface area (Å²) >= 11 is 0.